The molecule has 0 radical (unpaired) electrons. The van der Waals surface area contributed by atoms with Crippen LogP contribution in [0.25, 0.3) is 20.7 Å². The summed E-state index contributed by atoms with van der Waals surface area (Å²) in [7, 11) is 0. The Bertz CT molecular complexity index is 794. The fourth-order valence-corrected chi connectivity index (χ4v) is 3.70. The van der Waals surface area contributed by atoms with Crippen molar-refractivity contribution < 1.29 is 4.74 Å². The van der Waals surface area contributed by atoms with Crippen LogP contribution in [0.15, 0.2) is 34.9 Å². The van der Waals surface area contributed by atoms with E-state index >= 15 is 0 Å². The van der Waals surface area contributed by atoms with Crippen LogP contribution in [-0.4, -0.2) is 22.5 Å². The highest BCUT2D eigenvalue weighted by Gasteiger charge is 2.11. The van der Waals surface area contributed by atoms with E-state index in [9.17, 15) is 0 Å². The molecule has 2 heterocycles. The van der Waals surface area contributed by atoms with Crippen LogP contribution in [0, 0.1) is 0 Å². The second-order valence-electron chi connectivity index (χ2n) is 4.18. The molecule has 0 spiro atoms. The summed E-state index contributed by atoms with van der Waals surface area (Å²) >= 11 is 16.6. The van der Waals surface area contributed by atoms with Gasteiger partial charge in [0.15, 0.2) is 0 Å². The smallest absolute Gasteiger partial charge is 0.222 e. The first-order valence-corrected chi connectivity index (χ1v) is 8.60. The maximum absolute atomic E-state index is 5.88. The summed E-state index contributed by atoms with van der Waals surface area (Å²) in [5.74, 6) is 1.28. The second kappa shape index (κ2) is 6.48. The molecule has 0 aliphatic heterocycles. The zero-order chi connectivity index (χ0) is 14.8. The minimum Gasteiger partial charge on any atom is -0.492 e. The molecule has 0 amide bonds. The molecule has 108 valence electrons. The molecule has 21 heavy (non-hydrogen) atoms. The number of rotatable bonds is 4. The molecule has 0 aliphatic carbocycles. The lowest BCUT2D eigenvalue weighted by Crippen LogP contribution is -1.97. The molecule has 3 aromatic rings. The molecule has 3 rings (SSSR count). The number of ether oxygens (including phenoxy) is 1. The number of aromatic nitrogens is 2. The lowest BCUT2D eigenvalue weighted by molar-refractivity contribution is 0.343. The monoisotopic (exact) mass is 402 g/mol. The van der Waals surface area contributed by atoms with Crippen LogP contribution < -0.4 is 4.74 Å². The summed E-state index contributed by atoms with van der Waals surface area (Å²) in [6.45, 7) is 0.497. The summed E-state index contributed by atoms with van der Waals surface area (Å²) in [4.78, 5) is 9.25. The van der Waals surface area contributed by atoms with Crippen molar-refractivity contribution >= 4 is 60.6 Å². The molecule has 0 atom stereocenters. The zero-order valence-electron chi connectivity index (χ0n) is 10.6. The Morgan fingerprint density at radius 3 is 2.95 bits per heavy atom. The van der Waals surface area contributed by atoms with E-state index in [0.29, 0.717) is 12.5 Å². The van der Waals surface area contributed by atoms with Gasteiger partial charge >= 0.3 is 0 Å². The van der Waals surface area contributed by atoms with E-state index in [1.54, 1.807) is 17.5 Å². The van der Waals surface area contributed by atoms with E-state index in [4.69, 9.17) is 27.9 Å². The van der Waals surface area contributed by atoms with E-state index in [1.807, 2.05) is 18.2 Å². The van der Waals surface area contributed by atoms with Gasteiger partial charge in [-0.25, -0.2) is 9.97 Å². The van der Waals surface area contributed by atoms with E-state index in [2.05, 4.69) is 32.0 Å². The van der Waals surface area contributed by atoms with Crippen LogP contribution in [0.3, 0.4) is 0 Å². The highest BCUT2D eigenvalue weighted by atomic mass is 79.9. The molecule has 1 aromatic carbocycles. The fraction of sp³-hybridized carbons (Fsp3) is 0.143. The van der Waals surface area contributed by atoms with Crippen LogP contribution >= 0.6 is 50.5 Å². The molecule has 0 saturated heterocycles. The van der Waals surface area contributed by atoms with Gasteiger partial charge in [-0.1, -0.05) is 0 Å². The standard InChI is InChI=1S/C14H9BrCl2N2OS/c15-10-7-18-14(17)19-13(10)12-6-8-5-9(20-4-3-16)1-2-11(8)21-12/h1-2,5-7H,3-4H2. The van der Waals surface area contributed by atoms with Gasteiger partial charge in [-0.15, -0.1) is 22.9 Å². The van der Waals surface area contributed by atoms with Gasteiger partial charge in [0.1, 0.15) is 12.4 Å². The number of thiophene rings is 1. The molecule has 2 aromatic heterocycles. The van der Waals surface area contributed by atoms with Crippen molar-refractivity contribution in [3.63, 3.8) is 0 Å². The van der Waals surface area contributed by atoms with Gasteiger partial charge in [-0.05, 0) is 57.2 Å². The number of nitrogens with zero attached hydrogens (tertiary/aromatic N) is 2. The summed E-state index contributed by atoms with van der Waals surface area (Å²) in [5, 5.41) is 1.33. The average molecular weight is 404 g/mol. The third-order valence-corrected chi connectivity index (χ3v) is 4.82. The predicted octanol–water partition coefficient (Wildman–Crippen LogP) is 5.39. The molecule has 3 nitrogen and oxygen atoms in total. The average Bonchev–Trinajstić information content (AvgIpc) is 2.90. The van der Waals surface area contributed by atoms with E-state index in [0.717, 1.165) is 30.9 Å². The minimum atomic E-state index is 0.233. The Balaban J connectivity index is 2.02. The number of benzene rings is 1. The van der Waals surface area contributed by atoms with Crippen molar-refractivity contribution in [3.05, 3.63) is 40.2 Å². The molecule has 0 N–H and O–H groups in total. The number of alkyl halides is 1. The molecule has 0 saturated carbocycles. The van der Waals surface area contributed by atoms with E-state index < -0.39 is 0 Å². The molecule has 0 fully saturated rings. The van der Waals surface area contributed by atoms with Crippen LogP contribution in [0.2, 0.25) is 5.28 Å². The lowest BCUT2D eigenvalue weighted by atomic mass is 10.2. The maximum atomic E-state index is 5.88. The van der Waals surface area contributed by atoms with Crippen molar-refractivity contribution in [1.29, 1.82) is 0 Å². The van der Waals surface area contributed by atoms with Gasteiger partial charge < -0.3 is 4.74 Å². The molecule has 0 bridgehead atoms. The number of halogens is 3. The zero-order valence-corrected chi connectivity index (χ0v) is 14.6. The number of fused-ring (bicyclic) bond motifs is 1. The van der Waals surface area contributed by atoms with Gasteiger partial charge in [0, 0.05) is 10.9 Å². The predicted molar refractivity (Wildman–Crippen MR) is 91.8 cm³/mol. The highest BCUT2D eigenvalue weighted by molar-refractivity contribution is 9.10. The van der Waals surface area contributed by atoms with Crippen molar-refractivity contribution in [2.75, 3.05) is 12.5 Å². The molecule has 0 unspecified atom stereocenters. The number of hydrogen-bond acceptors (Lipinski definition) is 4. The first-order valence-electron chi connectivity index (χ1n) is 6.08. The SMILES string of the molecule is ClCCOc1ccc2sc(-c3nc(Cl)ncc3Br)cc2c1. The minimum absolute atomic E-state index is 0.233. The Hall–Kier alpha value is -0.880. The van der Waals surface area contributed by atoms with Gasteiger partial charge in [0.2, 0.25) is 5.28 Å². The number of hydrogen-bond donors (Lipinski definition) is 0. The Morgan fingerprint density at radius 1 is 1.29 bits per heavy atom. The summed E-state index contributed by atoms with van der Waals surface area (Å²) < 4.78 is 7.51. The Morgan fingerprint density at radius 2 is 2.14 bits per heavy atom. The van der Waals surface area contributed by atoms with Crippen LogP contribution in [0.4, 0.5) is 0 Å². The van der Waals surface area contributed by atoms with E-state index in [-0.39, 0.29) is 5.28 Å². The molecular formula is C14H9BrCl2N2OS. The van der Waals surface area contributed by atoms with Crippen molar-refractivity contribution in [3.8, 4) is 16.3 Å². The second-order valence-corrected chi connectivity index (χ2v) is 6.84. The first-order chi connectivity index (χ1) is 10.2. The van der Waals surface area contributed by atoms with Crippen LogP contribution in [-0.2, 0) is 0 Å². The summed E-state index contributed by atoms with van der Waals surface area (Å²) in [6.07, 6.45) is 1.66. The quantitative estimate of drug-likeness (QED) is 0.432. The Kier molecular flexibility index (Phi) is 4.64. The highest BCUT2D eigenvalue weighted by Crippen LogP contribution is 2.37. The van der Waals surface area contributed by atoms with Crippen molar-refractivity contribution in [1.82, 2.24) is 9.97 Å². The van der Waals surface area contributed by atoms with Crippen molar-refractivity contribution in [2.24, 2.45) is 0 Å². The third kappa shape index (κ3) is 3.31. The van der Waals surface area contributed by atoms with Gasteiger partial charge in [0.25, 0.3) is 0 Å². The van der Waals surface area contributed by atoms with Gasteiger partial charge in [0.05, 0.1) is 20.9 Å². The van der Waals surface area contributed by atoms with Gasteiger partial charge in [-0.2, -0.15) is 0 Å². The largest absolute Gasteiger partial charge is 0.492 e. The topological polar surface area (TPSA) is 35.0 Å². The lowest BCUT2D eigenvalue weighted by Gasteiger charge is -2.02. The van der Waals surface area contributed by atoms with Crippen LogP contribution in [0.1, 0.15) is 0 Å². The molecule has 0 aliphatic rings. The summed E-state index contributed by atoms with van der Waals surface area (Å²) in [5.41, 5.74) is 0.791. The van der Waals surface area contributed by atoms with Gasteiger partial charge in [-0.3, -0.25) is 0 Å². The molecule has 7 heteroatoms. The van der Waals surface area contributed by atoms with Crippen LogP contribution in [0.5, 0.6) is 5.75 Å². The Labute approximate surface area is 144 Å². The summed E-state index contributed by atoms with van der Waals surface area (Å²) in [6, 6.07) is 8.04. The fourth-order valence-electron chi connectivity index (χ4n) is 1.90. The first kappa shape index (κ1) is 15.0. The molecular weight excluding hydrogens is 395 g/mol. The normalized spacial score (nSPS) is 11.0. The maximum Gasteiger partial charge on any atom is 0.222 e. The third-order valence-electron chi connectivity index (χ3n) is 2.78. The van der Waals surface area contributed by atoms with Crippen molar-refractivity contribution in [2.45, 2.75) is 0 Å². The van der Waals surface area contributed by atoms with E-state index in [1.165, 1.54) is 0 Å².